The molecule has 65 heavy (non-hydrogen) atoms. The summed E-state index contributed by atoms with van der Waals surface area (Å²) in [5.41, 5.74) is 14.3. The molecule has 0 bridgehead atoms. The van der Waals surface area contributed by atoms with Crippen LogP contribution in [0.5, 0.6) is 0 Å². The summed E-state index contributed by atoms with van der Waals surface area (Å²) in [5, 5.41) is 12.6. The number of nitrogens with zero attached hydrogens (tertiary/aromatic N) is 4. The molecule has 4 nitrogen and oxygen atoms in total. The molecular weight excluding hydrogens is 809 g/mol. The molecule has 5 aromatic heterocycles. The Hall–Kier alpha value is -8.38. The fourth-order valence-electron chi connectivity index (χ4n) is 11.3. The lowest BCUT2D eigenvalue weighted by molar-refractivity contribution is 1.16. The van der Waals surface area contributed by atoms with Crippen LogP contribution in [0, 0.1) is 0 Å². The van der Waals surface area contributed by atoms with E-state index in [1.807, 2.05) is 11.3 Å². The SMILES string of the molecule is c1cc(-n2c3ccccc3c3cc(-n4c5ccccc5c5cc(-n6c7ccccc7c7ccccc76)ccc54)ccc32)c2c(c1)sc1ccc(-n3c4ccccc4c4ccccc43)cc12. The van der Waals surface area contributed by atoms with Gasteiger partial charge in [0.2, 0.25) is 0 Å². The Balaban J connectivity index is 0.937. The van der Waals surface area contributed by atoms with Gasteiger partial charge in [0.1, 0.15) is 0 Å². The molecular formula is C60H36N4S. The van der Waals surface area contributed by atoms with Crippen LogP contribution in [0.3, 0.4) is 0 Å². The molecule has 0 saturated carbocycles. The van der Waals surface area contributed by atoms with Gasteiger partial charge in [0.05, 0.1) is 49.8 Å². The van der Waals surface area contributed by atoms with Gasteiger partial charge in [-0.1, -0.05) is 115 Å². The van der Waals surface area contributed by atoms with Crippen LogP contribution in [0.4, 0.5) is 0 Å². The second-order valence-corrected chi connectivity index (χ2v) is 18.4. The third-order valence-electron chi connectivity index (χ3n) is 13.9. The first kappa shape index (κ1) is 35.1. The molecule has 5 heterocycles. The van der Waals surface area contributed by atoms with Crippen molar-refractivity contribution in [2.45, 2.75) is 0 Å². The number of aromatic nitrogens is 4. The van der Waals surface area contributed by atoms with Crippen molar-refractivity contribution in [1.29, 1.82) is 0 Å². The van der Waals surface area contributed by atoms with Crippen molar-refractivity contribution in [1.82, 2.24) is 18.3 Å². The maximum atomic E-state index is 2.50. The molecule has 302 valence electrons. The van der Waals surface area contributed by atoms with Crippen LogP contribution in [0.15, 0.2) is 218 Å². The number of rotatable bonds is 4. The Kier molecular flexibility index (Phi) is 7.07. The monoisotopic (exact) mass is 844 g/mol. The van der Waals surface area contributed by atoms with Crippen LogP contribution in [-0.4, -0.2) is 18.3 Å². The second-order valence-electron chi connectivity index (χ2n) is 17.3. The summed E-state index contributed by atoms with van der Waals surface area (Å²) in [6.07, 6.45) is 0. The number of fused-ring (bicyclic) bond motifs is 15. The first-order valence-corrected chi connectivity index (χ1v) is 23.1. The first-order valence-electron chi connectivity index (χ1n) is 22.3. The van der Waals surface area contributed by atoms with Gasteiger partial charge in [0, 0.05) is 80.3 Å². The zero-order chi connectivity index (χ0) is 42.3. The van der Waals surface area contributed by atoms with E-state index in [1.54, 1.807) is 0 Å². The van der Waals surface area contributed by atoms with Gasteiger partial charge in [0.15, 0.2) is 0 Å². The van der Waals surface area contributed by atoms with E-state index in [2.05, 4.69) is 237 Å². The Morgan fingerprint density at radius 3 is 1.02 bits per heavy atom. The summed E-state index contributed by atoms with van der Waals surface area (Å²) in [6.45, 7) is 0. The summed E-state index contributed by atoms with van der Waals surface area (Å²) in [6, 6.07) is 80.7. The molecule has 10 aromatic carbocycles. The lowest BCUT2D eigenvalue weighted by Crippen LogP contribution is -1.97. The van der Waals surface area contributed by atoms with E-state index < -0.39 is 0 Å². The van der Waals surface area contributed by atoms with Gasteiger partial charge >= 0.3 is 0 Å². The molecule has 0 aliphatic carbocycles. The predicted octanol–water partition coefficient (Wildman–Crippen LogP) is 16.4. The van der Waals surface area contributed by atoms with Crippen LogP contribution < -0.4 is 0 Å². The first-order chi connectivity index (χ1) is 32.3. The van der Waals surface area contributed by atoms with E-state index in [-0.39, 0.29) is 0 Å². The highest BCUT2D eigenvalue weighted by Crippen LogP contribution is 2.44. The Bertz CT molecular complexity index is 4380. The number of hydrogen-bond donors (Lipinski definition) is 0. The van der Waals surface area contributed by atoms with Gasteiger partial charge in [-0.25, -0.2) is 0 Å². The zero-order valence-electron chi connectivity index (χ0n) is 35.0. The third-order valence-corrected chi connectivity index (χ3v) is 15.1. The summed E-state index contributed by atoms with van der Waals surface area (Å²) in [7, 11) is 0. The van der Waals surface area contributed by atoms with Crippen molar-refractivity contribution in [3.63, 3.8) is 0 Å². The van der Waals surface area contributed by atoms with Crippen LogP contribution in [0.1, 0.15) is 0 Å². The average Bonchev–Trinajstić information content (AvgIpc) is 4.16. The number of hydrogen-bond acceptors (Lipinski definition) is 1. The van der Waals surface area contributed by atoms with Gasteiger partial charge in [-0.2, -0.15) is 0 Å². The Morgan fingerprint density at radius 2 is 0.569 bits per heavy atom. The maximum Gasteiger partial charge on any atom is 0.0555 e. The molecule has 0 spiro atoms. The zero-order valence-corrected chi connectivity index (χ0v) is 35.8. The summed E-state index contributed by atoms with van der Waals surface area (Å²) in [5.74, 6) is 0. The van der Waals surface area contributed by atoms with Crippen molar-refractivity contribution in [3.8, 4) is 22.7 Å². The molecule has 0 unspecified atom stereocenters. The van der Waals surface area contributed by atoms with Crippen molar-refractivity contribution < 1.29 is 0 Å². The molecule has 0 radical (unpaired) electrons. The topological polar surface area (TPSA) is 19.7 Å². The van der Waals surface area contributed by atoms with Crippen LogP contribution >= 0.6 is 11.3 Å². The maximum absolute atomic E-state index is 2.50. The standard InChI is InChI=1S/C60H36N4S/c1-7-20-49-40(14-1)41-15-2-8-21-50(41)61(49)37-28-31-55-46(34-37)44-18-5-11-24-53(44)63(55)38-29-32-56-47(35-38)45-19-6-12-25-54(45)64(56)57-26-13-27-59-60(57)48-36-39(30-33-58(48)65-59)62-51-22-9-3-16-42(51)43-17-4-10-23-52(43)62/h1-36H. The van der Waals surface area contributed by atoms with Crippen LogP contribution in [-0.2, 0) is 0 Å². The molecule has 0 fully saturated rings. The summed E-state index contributed by atoms with van der Waals surface area (Å²) < 4.78 is 12.4. The minimum atomic E-state index is 1.14. The van der Waals surface area contributed by atoms with Crippen LogP contribution in [0.25, 0.3) is 130 Å². The molecule has 0 aliphatic rings. The van der Waals surface area contributed by atoms with Crippen molar-refractivity contribution in [2.75, 3.05) is 0 Å². The Morgan fingerprint density at radius 1 is 0.231 bits per heavy atom. The molecule has 0 saturated heterocycles. The van der Waals surface area contributed by atoms with E-state index in [0.29, 0.717) is 0 Å². The molecule has 0 amide bonds. The predicted molar refractivity (Wildman–Crippen MR) is 277 cm³/mol. The minimum Gasteiger partial charge on any atom is -0.309 e. The van der Waals surface area contributed by atoms with Crippen molar-refractivity contribution >= 4 is 119 Å². The van der Waals surface area contributed by atoms with Crippen LogP contribution in [0.2, 0.25) is 0 Å². The van der Waals surface area contributed by atoms with E-state index in [0.717, 1.165) is 11.4 Å². The highest BCUT2D eigenvalue weighted by molar-refractivity contribution is 7.25. The van der Waals surface area contributed by atoms with Gasteiger partial charge in [-0.05, 0) is 103 Å². The third kappa shape index (κ3) is 4.79. The molecule has 0 atom stereocenters. The summed E-state index contributed by atoms with van der Waals surface area (Å²) >= 11 is 1.87. The smallest absolute Gasteiger partial charge is 0.0555 e. The number of benzene rings is 10. The molecule has 5 heteroatoms. The molecule has 15 aromatic rings. The van der Waals surface area contributed by atoms with E-state index in [4.69, 9.17) is 0 Å². The lowest BCUT2D eigenvalue weighted by atomic mass is 10.1. The fourth-order valence-corrected chi connectivity index (χ4v) is 12.4. The van der Waals surface area contributed by atoms with Gasteiger partial charge in [-0.3, -0.25) is 0 Å². The minimum absolute atomic E-state index is 1.14. The van der Waals surface area contributed by atoms with E-state index in [1.165, 1.54) is 119 Å². The van der Waals surface area contributed by atoms with Crippen molar-refractivity contribution in [3.05, 3.63) is 218 Å². The number of para-hydroxylation sites is 6. The number of thiophene rings is 1. The van der Waals surface area contributed by atoms with E-state index in [9.17, 15) is 0 Å². The molecule has 0 aliphatic heterocycles. The normalized spacial score (nSPS) is 12.3. The highest BCUT2D eigenvalue weighted by atomic mass is 32.1. The molecule has 15 rings (SSSR count). The second kappa shape index (κ2) is 13.1. The fraction of sp³-hybridized carbons (Fsp3) is 0. The quantitative estimate of drug-likeness (QED) is 0.168. The van der Waals surface area contributed by atoms with Crippen molar-refractivity contribution in [2.24, 2.45) is 0 Å². The highest BCUT2D eigenvalue weighted by Gasteiger charge is 2.21. The molecule has 0 N–H and O–H groups in total. The average molecular weight is 845 g/mol. The largest absolute Gasteiger partial charge is 0.309 e. The van der Waals surface area contributed by atoms with Gasteiger partial charge < -0.3 is 18.3 Å². The lowest BCUT2D eigenvalue weighted by Gasteiger charge is -2.13. The Labute approximate surface area is 376 Å². The summed E-state index contributed by atoms with van der Waals surface area (Å²) in [4.78, 5) is 0. The van der Waals surface area contributed by atoms with E-state index >= 15 is 0 Å². The van der Waals surface area contributed by atoms with Gasteiger partial charge in [-0.15, -0.1) is 11.3 Å². The van der Waals surface area contributed by atoms with Gasteiger partial charge in [0.25, 0.3) is 0 Å².